The highest BCUT2D eigenvalue weighted by Gasteiger charge is 2.37. The van der Waals surface area contributed by atoms with Crippen molar-refractivity contribution in [3.63, 3.8) is 0 Å². The Kier molecular flexibility index (Phi) is 6.14. The number of nitrogens with zero attached hydrogens (tertiary/aromatic N) is 6. The largest absolute Gasteiger partial charge is 0.465 e. The molecule has 6 heterocycles. The first kappa shape index (κ1) is 25.7. The molecular formula is C28H28FN7O4. The number of hydrogen-bond acceptors (Lipinski definition) is 8. The number of aliphatic hydroxyl groups is 1. The second-order valence-electron chi connectivity index (χ2n) is 10.7. The van der Waals surface area contributed by atoms with Crippen molar-refractivity contribution < 1.29 is 24.2 Å². The first-order valence-electron chi connectivity index (χ1n) is 13.0. The molecule has 11 nitrogen and oxygen atoms in total. The molecule has 4 aromatic heterocycles. The zero-order valence-electron chi connectivity index (χ0n) is 22.0. The van der Waals surface area contributed by atoms with E-state index in [1.165, 1.54) is 30.7 Å². The Bertz CT molecular complexity index is 1630. The molecule has 2 amide bonds. The molecule has 0 saturated carbocycles. The van der Waals surface area contributed by atoms with Gasteiger partial charge in [-0.3, -0.25) is 14.2 Å². The van der Waals surface area contributed by atoms with E-state index in [4.69, 9.17) is 0 Å². The van der Waals surface area contributed by atoms with Crippen LogP contribution in [0.5, 0.6) is 0 Å². The van der Waals surface area contributed by atoms with Gasteiger partial charge in [-0.2, -0.15) is 0 Å². The van der Waals surface area contributed by atoms with Gasteiger partial charge in [0.05, 0.1) is 59.1 Å². The molecule has 6 rings (SSSR count). The van der Waals surface area contributed by atoms with Crippen molar-refractivity contribution in [2.24, 2.45) is 5.92 Å². The summed E-state index contributed by atoms with van der Waals surface area (Å²) >= 11 is 0. The highest BCUT2D eigenvalue weighted by molar-refractivity contribution is 6.11. The SMILES string of the molecule is CC(C)(O)[C@@H]1CCCN(c2ccc(Nc3cnc(-c4cnc5cc(F)ccn45)c4c3C(=O)N(C(=O)O)C4)nc2)C1. The van der Waals surface area contributed by atoms with Gasteiger partial charge in [0.15, 0.2) is 0 Å². The normalized spacial score (nSPS) is 17.4. The predicted molar refractivity (Wildman–Crippen MR) is 145 cm³/mol. The molecule has 12 heteroatoms. The second-order valence-corrected chi connectivity index (χ2v) is 10.7. The van der Waals surface area contributed by atoms with Crippen LogP contribution in [0.25, 0.3) is 17.0 Å². The van der Waals surface area contributed by atoms with Crippen molar-refractivity contribution in [3.05, 3.63) is 66.0 Å². The summed E-state index contributed by atoms with van der Waals surface area (Å²) in [6.07, 6.45) is 6.80. The minimum absolute atomic E-state index is 0.154. The van der Waals surface area contributed by atoms with E-state index in [1.807, 2.05) is 19.9 Å². The predicted octanol–water partition coefficient (Wildman–Crippen LogP) is 4.30. The van der Waals surface area contributed by atoms with Gasteiger partial charge >= 0.3 is 6.09 Å². The minimum atomic E-state index is -1.37. The van der Waals surface area contributed by atoms with Crippen LogP contribution in [0.4, 0.5) is 26.4 Å². The van der Waals surface area contributed by atoms with Crippen LogP contribution in [0, 0.1) is 11.7 Å². The number of carboxylic acid groups (broad SMARTS) is 1. The molecule has 2 aliphatic rings. The molecular weight excluding hydrogens is 517 g/mol. The average Bonchev–Trinajstić information content (AvgIpc) is 3.50. The highest BCUT2D eigenvalue weighted by Crippen LogP contribution is 2.37. The van der Waals surface area contributed by atoms with Crippen molar-refractivity contribution in [2.45, 2.75) is 38.8 Å². The third kappa shape index (κ3) is 4.49. The Morgan fingerprint density at radius 1 is 1.15 bits per heavy atom. The lowest BCUT2D eigenvalue weighted by Crippen LogP contribution is -2.44. The summed E-state index contributed by atoms with van der Waals surface area (Å²) in [4.78, 5) is 41.3. The van der Waals surface area contributed by atoms with Gasteiger partial charge in [0.2, 0.25) is 0 Å². The van der Waals surface area contributed by atoms with Gasteiger partial charge in [0.25, 0.3) is 5.91 Å². The van der Waals surface area contributed by atoms with Crippen molar-refractivity contribution in [2.75, 3.05) is 23.3 Å². The molecule has 206 valence electrons. The van der Waals surface area contributed by atoms with Gasteiger partial charge in [0, 0.05) is 36.8 Å². The fraction of sp³-hybridized carbons (Fsp3) is 0.321. The monoisotopic (exact) mass is 545 g/mol. The number of rotatable bonds is 5. The zero-order valence-corrected chi connectivity index (χ0v) is 22.0. The van der Waals surface area contributed by atoms with Crippen molar-refractivity contribution in [3.8, 4) is 11.4 Å². The Labute approximate surface area is 228 Å². The van der Waals surface area contributed by atoms with Crippen LogP contribution >= 0.6 is 0 Å². The number of carbonyl (C=O) groups is 2. The van der Waals surface area contributed by atoms with Crippen molar-refractivity contribution in [1.29, 1.82) is 0 Å². The lowest BCUT2D eigenvalue weighted by atomic mass is 9.84. The summed E-state index contributed by atoms with van der Waals surface area (Å²) in [5.74, 6) is -0.494. The molecule has 0 spiro atoms. The molecule has 4 aromatic rings. The number of aromatic nitrogens is 4. The molecule has 2 aliphatic heterocycles. The minimum Gasteiger partial charge on any atom is -0.465 e. The number of fused-ring (bicyclic) bond motifs is 2. The van der Waals surface area contributed by atoms with Gasteiger partial charge in [0.1, 0.15) is 17.3 Å². The molecule has 3 N–H and O–H groups in total. The van der Waals surface area contributed by atoms with Crippen LogP contribution in [-0.2, 0) is 6.54 Å². The Morgan fingerprint density at radius 3 is 2.70 bits per heavy atom. The lowest BCUT2D eigenvalue weighted by molar-refractivity contribution is 0.0110. The average molecular weight is 546 g/mol. The molecule has 40 heavy (non-hydrogen) atoms. The van der Waals surface area contributed by atoms with E-state index in [-0.39, 0.29) is 18.0 Å². The molecule has 0 aromatic carbocycles. The molecule has 0 radical (unpaired) electrons. The summed E-state index contributed by atoms with van der Waals surface area (Å²) in [7, 11) is 0. The molecule has 0 bridgehead atoms. The maximum Gasteiger partial charge on any atom is 0.414 e. The fourth-order valence-corrected chi connectivity index (χ4v) is 5.49. The molecule has 1 saturated heterocycles. The number of imidazole rings is 1. The maximum atomic E-state index is 13.7. The van der Waals surface area contributed by atoms with E-state index in [1.54, 1.807) is 16.7 Å². The maximum absolute atomic E-state index is 13.7. The Hall–Kier alpha value is -4.58. The van der Waals surface area contributed by atoms with E-state index in [2.05, 4.69) is 25.2 Å². The standard InChI is InChI=1S/C28H28FN7O4/c1-28(2,40)16-4-3-8-34(14-16)18-5-6-22(30-11-18)33-20-12-32-25(19-15-36(27(38)39)26(37)24(19)20)21-13-31-23-10-17(29)7-9-35(21)23/h5-7,9-13,16,40H,3-4,8,14-15H2,1-2H3,(H,30,33)(H,38,39)/t16-/m1/s1. The first-order valence-corrected chi connectivity index (χ1v) is 13.0. The summed E-state index contributed by atoms with van der Waals surface area (Å²) in [5, 5.41) is 23.2. The third-order valence-electron chi connectivity index (χ3n) is 7.70. The first-order chi connectivity index (χ1) is 19.1. The van der Waals surface area contributed by atoms with E-state index in [9.17, 15) is 24.2 Å². The number of carbonyl (C=O) groups excluding carboxylic acids is 1. The number of anilines is 3. The lowest BCUT2D eigenvalue weighted by Gasteiger charge is -2.39. The van der Waals surface area contributed by atoms with Crippen LogP contribution in [0.15, 0.2) is 49.1 Å². The van der Waals surface area contributed by atoms with Crippen molar-refractivity contribution in [1.82, 2.24) is 24.3 Å². The summed E-state index contributed by atoms with van der Waals surface area (Å²) < 4.78 is 15.3. The van der Waals surface area contributed by atoms with Gasteiger partial charge in [-0.1, -0.05) is 0 Å². The number of halogens is 1. The van der Waals surface area contributed by atoms with Gasteiger partial charge in [-0.15, -0.1) is 0 Å². The van der Waals surface area contributed by atoms with Crippen LogP contribution in [0.1, 0.15) is 42.6 Å². The molecule has 1 atom stereocenters. The number of pyridine rings is 3. The smallest absolute Gasteiger partial charge is 0.414 e. The second kappa shape index (κ2) is 9.56. The molecule has 0 aliphatic carbocycles. The van der Waals surface area contributed by atoms with Crippen LogP contribution < -0.4 is 10.2 Å². The van der Waals surface area contributed by atoms with E-state index >= 15 is 0 Å². The molecule has 0 unspecified atom stereocenters. The van der Waals surface area contributed by atoms with Gasteiger partial charge in [-0.25, -0.2) is 24.1 Å². The number of amides is 2. The summed E-state index contributed by atoms with van der Waals surface area (Å²) in [5.41, 5.74) is 2.34. The number of hydrogen-bond donors (Lipinski definition) is 3. The molecule has 1 fully saturated rings. The highest BCUT2D eigenvalue weighted by atomic mass is 19.1. The number of piperidine rings is 1. The topological polar surface area (TPSA) is 136 Å². The Morgan fingerprint density at radius 2 is 1.98 bits per heavy atom. The number of nitrogens with one attached hydrogen (secondary N) is 1. The van der Waals surface area contributed by atoms with Crippen LogP contribution in [0.2, 0.25) is 0 Å². The quantitative estimate of drug-likeness (QED) is 0.335. The zero-order chi connectivity index (χ0) is 28.2. The summed E-state index contributed by atoms with van der Waals surface area (Å²) in [6.45, 7) is 5.10. The van der Waals surface area contributed by atoms with Crippen molar-refractivity contribution >= 4 is 34.8 Å². The summed E-state index contributed by atoms with van der Waals surface area (Å²) in [6, 6.07) is 6.27. The van der Waals surface area contributed by atoms with Gasteiger partial charge < -0.3 is 20.4 Å². The van der Waals surface area contributed by atoms with E-state index < -0.39 is 23.4 Å². The van der Waals surface area contributed by atoms with E-state index in [0.717, 1.165) is 36.5 Å². The van der Waals surface area contributed by atoms with Crippen LogP contribution in [0.3, 0.4) is 0 Å². The number of imide groups is 1. The van der Waals surface area contributed by atoms with Crippen LogP contribution in [-0.4, -0.2) is 65.2 Å². The fourth-order valence-electron chi connectivity index (χ4n) is 5.49. The van der Waals surface area contributed by atoms with Gasteiger partial charge in [-0.05, 0) is 44.9 Å². The van der Waals surface area contributed by atoms with E-state index in [0.29, 0.717) is 34.1 Å². The third-order valence-corrected chi connectivity index (χ3v) is 7.70. The Balaban J connectivity index is 1.32.